The molecule has 0 aromatic heterocycles. The number of ether oxygens (including phenoxy) is 1. The Bertz CT molecular complexity index is 1060. The van der Waals surface area contributed by atoms with Gasteiger partial charge in [-0.15, -0.1) is 0 Å². The summed E-state index contributed by atoms with van der Waals surface area (Å²) in [4.78, 5) is 23.8. The lowest BCUT2D eigenvalue weighted by Gasteiger charge is -2.22. The molecular formula is C24H19ClN2O3. The number of carbonyl (C=O) groups is 2. The van der Waals surface area contributed by atoms with E-state index >= 15 is 0 Å². The first-order valence-corrected chi connectivity index (χ1v) is 9.90. The lowest BCUT2D eigenvalue weighted by molar-refractivity contribution is -0.135. The molecule has 0 spiro atoms. The Balaban J connectivity index is 1.55. The van der Waals surface area contributed by atoms with Crippen LogP contribution in [0.4, 0.5) is 0 Å². The van der Waals surface area contributed by atoms with Crippen LogP contribution in [0, 0.1) is 0 Å². The number of hydrazone groups is 1. The summed E-state index contributed by atoms with van der Waals surface area (Å²) in [6.07, 6.45) is 1.36. The normalized spacial score (nSPS) is 15.6. The number of benzene rings is 3. The van der Waals surface area contributed by atoms with Gasteiger partial charge in [-0.25, -0.2) is 5.01 Å². The maximum Gasteiger partial charge on any atom is 0.281 e. The number of aldehydes is 1. The quantitative estimate of drug-likeness (QED) is 0.534. The predicted molar refractivity (Wildman–Crippen MR) is 116 cm³/mol. The van der Waals surface area contributed by atoms with Crippen LogP contribution in [0.5, 0.6) is 5.75 Å². The van der Waals surface area contributed by atoms with Crippen LogP contribution in [0.3, 0.4) is 0 Å². The molecule has 3 aromatic carbocycles. The maximum absolute atomic E-state index is 13.0. The van der Waals surface area contributed by atoms with E-state index in [2.05, 4.69) is 5.10 Å². The molecule has 1 heterocycles. The van der Waals surface area contributed by atoms with E-state index in [0.717, 1.165) is 23.1 Å². The fourth-order valence-corrected chi connectivity index (χ4v) is 3.47. The molecule has 0 saturated heterocycles. The number of hydrogen-bond donors (Lipinski definition) is 0. The Hall–Kier alpha value is -3.44. The van der Waals surface area contributed by atoms with Crippen molar-refractivity contribution in [3.05, 3.63) is 101 Å². The molecule has 5 nitrogen and oxygen atoms in total. The third-order valence-electron chi connectivity index (χ3n) is 4.91. The van der Waals surface area contributed by atoms with E-state index in [1.807, 2.05) is 54.6 Å². The second-order valence-corrected chi connectivity index (χ2v) is 7.33. The van der Waals surface area contributed by atoms with E-state index in [4.69, 9.17) is 16.3 Å². The number of hydrogen-bond acceptors (Lipinski definition) is 4. The highest BCUT2D eigenvalue weighted by Gasteiger charge is 2.33. The van der Waals surface area contributed by atoms with Gasteiger partial charge < -0.3 is 4.74 Å². The summed E-state index contributed by atoms with van der Waals surface area (Å²) in [5.74, 6) is 0.267. The number of rotatable bonds is 6. The topological polar surface area (TPSA) is 59.0 Å². The minimum Gasteiger partial charge on any atom is -0.484 e. The van der Waals surface area contributed by atoms with E-state index < -0.39 is 0 Å². The second kappa shape index (κ2) is 8.93. The molecule has 0 aliphatic carbocycles. The van der Waals surface area contributed by atoms with Crippen molar-refractivity contribution in [3.63, 3.8) is 0 Å². The summed E-state index contributed by atoms with van der Waals surface area (Å²) in [5, 5.41) is 6.75. The molecule has 1 aliphatic rings. The molecule has 1 amide bonds. The molecule has 3 aromatic rings. The lowest BCUT2D eigenvalue weighted by Crippen LogP contribution is -2.31. The predicted octanol–water partition coefficient (Wildman–Crippen LogP) is 4.91. The Kier molecular flexibility index (Phi) is 5.91. The fourth-order valence-electron chi connectivity index (χ4n) is 3.34. The van der Waals surface area contributed by atoms with Crippen LogP contribution in [-0.2, 0) is 4.79 Å². The third kappa shape index (κ3) is 4.42. The summed E-state index contributed by atoms with van der Waals surface area (Å²) in [6.45, 7) is -0.157. The number of carbonyl (C=O) groups excluding carboxylic acids is 2. The molecule has 0 N–H and O–H groups in total. The van der Waals surface area contributed by atoms with Gasteiger partial charge in [0.2, 0.25) is 0 Å². The monoisotopic (exact) mass is 418 g/mol. The molecule has 1 atom stereocenters. The molecular weight excluding hydrogens is 400 g/mol. The zero-order chi connectivity index (χ0) is 20.9. The van der Waals surface area contributed by atoms with Gasteiger partial charge in [0.25, 0.3) is 5.91 Å². The van der Waals surface area contributed by atoms with Gasteiger partial charge >= 0.3 is 0 Å². The fraction of sp³-hybridized carbons (Fsp3) is 0.125. The van der Waals surface area contributed by atoms with Crippen LogP contribution >= 0.6 is 11.6 Å². The van der Waals surface area contributed by atoms with Crippen molar-refractivity contribution in [2.75, 3.05) is 6.61 Å². The van der Waals surface area contributed by atoms with E-state index in [9.17, 15) is 9.59 Å². The number of halogens is 1. The smallest absolute Gasteiger partial charge is 0.281 e. The summed E-state index contributed by atoms with van der Waals surface area (Å²) < 4.78 is 5.63. The van der Waals surface area contributed by atoms with Crippen molar-refractivity contribution < 1.29 is 14.3 Å². The van der Waals surface area contributed by atoms with Crippen LogP contribution in [0.2, 0.25) is 5.02 Å². The van der Waals surface area contributed by atoms with Crippen LogP contribution in [-0.4, -0.2) is 29.5 Å². The first kappa shape index (κ1) is 19.9. The van der Waals surface area contributed by atoms with Crippen LogP contribution in [0.1, 0.15) is 33.9 Å². The van der Waals surface area contributed by atoms with Crippen molar-refractivity contribution >= 4 is 29.5 Å². The SMILES string of the molecule is O=Cc1ccc(OCC(=O)N2N=C(c3ccccc3)CC2c2ccc(Cl)cc2)cc1. The zero-order valence-corrected chi connectivity index (χ0v) is 16.8. The van der Waals surface area contributed by atoms with Gasteiger partial charge in [-0.05, 0) is 47.5 Å². The van der Waals surface area contributed by atoms with Gasteiger partial charge in [0.05, 0.1) is 11.8 Å². The van der Waals surface area contributed by atoms with E-state index in [0.29, 0.717) is 22.8 Å². The van der Waals surface area contributed by atoms with Crippen LogP contribution < -0.4 is 4.74 Å². The first-order valence-electron chi connectivity index (χ1n) is 9.52. The van der Waals surface area contributed by atoms with Crippen molar-refractivity contribution in [2.24, 2.45) is 5.10 Å². The van der Waals surface area contributed by atoms with Crippen LogP contribution in [0.25, 0.3) is 0 Å². The van der Waals surface area contributed by atoms with Crippen molar-refractivity contribution in [3.8, 4) is 5.75 Å². The van der Waals surface area contributed by atoms with Gasteiger partial charge in [0.15, 0.2) is 6.61 Å². The molecule has 0 fully saturated rings. The third-order valence-corrected chi connectivity index (χ3v) is 5.16. The van der Waals surface area contributed by atoms with Crippen LogP contribution in [0.15, 0.2) is 84.0 Å². The summed E-state index contributed by atoms with van der Waals surface area (Å²) in [7, 11) is 0. The average Bonchev–Trinajstić information content (AvgIpc) is 3.24. The second-order valence-electron chi connectivity index (χ2n) is 6.90. The molecule has 1 aliphatic heterocycles. The summed E-state index contributed by atoms with van der Waals surface area (Å²) >= 11 is 6.03. The summed E-state index contributed by atoms with van der Waals surface area (Å²) in [6, 6.07) is 23.6. The molecule has 0 bridgehead atoms. The van der Waals surface area contributed by atoms with E-state index in [-0.39, 0.29) is 18.6 Å². The average molecular weight is 419 g/mol. The first-order chi connectivity index (χ1) is 14.6. The number of amides is 1. The Morgan fingerprint density at radius 3 is 2.40 bits per heavy atom. The molecule has 0 radical (unpaired) electrons. The highest BCUT2D eigenvalue weighted by atomic mass is 35.5. The Morgan fingerprint density at radius 1 is 1.03 bits per heavy atom. The van der Waals surface area contributed by atoms with Gasteiger partial charge in [0, 0.05) is 17.0 Å². The van der Waals surface area contributed by atoms with Gasteiger partial charge in [-0.1, -0.05) is 54.1 Å². The Morgan fingerprint density at radius 2 is 1.73 bits per heavy atom. The lowest BCUT2D eigenvalue weighted by atomic mass is 9.98. The highest BCUT2D eigenvalue weighted by Crippen LogP contribution is 2.33. The van der Waals surface area contributed by atoms with Crippen molar-refractivity contribution in [2.45, 2.75) is 12.5 Å². The molecule has 0 saturated carbocycles. The van der Waals surface area contributed by atoms with Gasteiger partial charge in [-0.3, -0.25) is 9.59 Å². The molecule has 1 unspecified atom stereocenters. The van der Waals surface area contributed by atoms with Crippen molar-refractivity contribution in [1.29, 1.82) is 0 Å². The van der Waals surface area contributed by atoms with Gasteiger partial charge in [-0.2, -0.15) is 5.10 Å². The largest absolute Gasteiger partial charge is 0.484 e. The molecule has 6 heteroatoms. The molecule has 4 rings (SSSR count). The standard InChI is InChI=1S/C24H19ClN2O3/c25-20-10-8-19(9-11-20)23-14-22(18-4-2-1-3-5-18)26-27(23)24(29)16-30-21-12-6-17(15-28)7-13-21/h1-13,15,23H,14,16H2. The minimum absolute atomic E-state index is 0.157. The molecule has 150 valence electrons. The minimum atomic E-state index is -0.250. The number of nitrogens with zero attached hydrogens (tertiary/aromatic N) is 2. The zero-order valence-electron chi connectivity index (χ0n) is 16.1. The Labute approximate surface area is 179 Å². The van der Waals surface area contributed by atoms with Gasteiger partial charge in [0.1, 0.15) is 12.0 Å². The highest BCUT2D eigenvalue weighted by molar-refractivity contribution is 6.30. The molecule has 30 heavy (non-hydrogen) atoms. The summed E-state index contributed by atoms with van der Waals surface area (Å²) in [5.41, 5.74) is 3.34. The van der Waals surface area contributed by atoms with Crippen molar-refractivity contribution in [1.82, 2.24) is 5.01 Å². The van der Waals surface area contributed by atoms with E-state index in [1.165, 1.54) is 5.01 Å². The maximum atomic E-state index is 13.0. The van der Waals surface area contributed by atoms with E-state index in [1.54, 1.807) is 24.3 Å².